The third kappa shape index (κ3) is 4.57. The third-order valence-electron chi connectivity index (χ3n) is 4.56. The van der Waals surface area contributed by atoms with Crippen molar-refractivity contribution in [1.82, 2.24) is 0 Å². The largest absolute Gasteiger partial charge is 0.504 e. The maximum absolute atomic E-state index is 12.5. The highest BCUT2D eigenvalue weighted by Crippen LogP contribution is 2.35. The number of benzene rings is 2. The number of ether oxygens (including phenoxy) is 2. The average molecular weight is 407 g/mol. The van der Waals surface area contributed by atoms with Gasteiger partial charge in [-0.1, -0.05) is 35.3 Å². The third-order valence-corrected chi connectivity index (χ3v) is 5.12. The summed E-state index contributed by atoms with van der Waals surface area (Å²) >= 11 is 12.0. The van der Waals surface area contributed by atoms with E-state index in [2.05, 4.69) is 0 Å². The number of hydrogen-bond acceptors (Lipinski definition) is 4. The molecule has 0 saturated heterocycles. The predicted molar refractivity (Wildman–Crippen MR) is 107 cm³/mol. The van der Waals surface area contributed by atoms with Crippen LogP contribution in [0.5, 0.6) is 11.5 Å². The Kier molecular flexibility index (Phi) is 6.30. The molecule has 1 atom stereocenters. The molecule has 0 bridgehead atoms. The summed E-state index contributed by atoms with van der Waals surface area (Å²) in [4.78, 5) is 12.5. The Labute approximate surface area is 168 Å². The topological polar surface area (TPSA) is 55.8 Å². The van der Waals surface area contributed by atoms with E-state index in [1.54, 1.807) is 30.4 Å². The molecule has 6 heteroatoms. The van der Waals surface area contributed by atoms with E-state index in [1.165, 1.54) is 13.2 Å². The van der Waals surface area contributed by atoms with Crippen LogP contribution in [0.4, 0.5) is 0 Å². The molecule has 0 radical (unpaired) electrons. The summed E-state index contributed by atoms with van der Waals surface area (Å²) in [5, 5.41) is 11.2. The molecule has 4 nitrogen and oxygen atoms in total. The monoisotopic (exact) mass is 406 g/mol. The Balaban J connectivity index is 1.85. The quantitative estimate of drug-likeness (QED) is 0.666. The molecule has 0 amide bonds. The number of aromatic hydroxyl groups is 1. The Morgan fingerprint density at radius 1 is 1.19 bits per heavy atom. The van der Waals surface area contributed by atoms with Crippen LogP contribution >= 0.6 is 23.2 Å². The van der Waals surface area contributed by atoms with Crippen molar-refractivity contribution in [2.75, 3.05) is 7.11 Å². The fourth-order valence-electron chi connectivity index (χ4n) is 3.11. The Morgan fingerprint density at radius 3 is 2.78 bits per heavy atom. The van der Waals surface area contributed by atoms with Gasteiger partial charge in [-0.3, -0.25) is 0 Å². The first-order valence-corrected chi connectivity index (χ1v) is 9.48. The number of hydrogen-bond donors (Lipinski definition) is 1. The molecule has 3 rings (SSSR count). The average Bonchev–Trinajstić information content (AvgIpc) is 2.75. The fraction of sp³-hybridized carbons (Fsp3) is 0.286. The lowest BCUT2D eigenvalue weighted by molar-refractivity contribution is 0.0378. The van der Waals surface area contributed by atoms with E-state index in [0.717, 1.165) is 24.8 Å². The standard InChI is InChI=1S/C21H20Cl2O4/c1-26-19-11-6-13-4-2-3-5-15(8-9-16(13)20(19)24)27-21(25)17-12-14(22)7-10-18(17)23/h6-12,15,24H,2-5H2,1H3/b9-8-. The highest BCUT2D eigenvalue weighted by Gasteiger charge is 2.19. The van der Waals surface area contributed by atoms with Gasteiger partial charge in [0.15, 0.2) is 11.5 Å². The summed E-state index contributed by atoms with van der Waals surface area (Å²) in [7, 11) is 1.51. The van der Waals surface area contributed by atoms with Crippen molar-refractivity contribution >= 4 is 35.2 Å². The van der Waals surface area contributed by atoms with E-state index in [-0.39, 0.29) is 11.3 Å². The summed E-state index contributed by atoms with van der Waals surface area (Å²) in [5.74, 6) is -0.0144. The molecule has 0 saturated carbocycles. The van der Waals surface area contributed by atoms with Crippen molar-refractivity contribution < 1.29 is 19.4 Å². The summed E-state index contributed by atoms with van der Waals surface area (Å²) in [6, 6.07) is 8.40. The molecule has 1 aliphatic rings. The lowest BCUT2D eigenvalue weighted by Gasteiger charge is -2.14. The normalized spacial score (nSPS) is 17.8. The maximum atomic E-state index is 12.5. The molecule has 0 aromatic heterocycles. The molecule has 142 valence electrons. The van der Waals surface area contributed by atoms with Gasteiger partial charge in [0.05, 0.1) is 17.7 Å². The fourth-order valence-corrected chi connectivity index (χ4v) is 3.48. The first-order chi connectivity index (χ1) is 13.0. The highest BCUT2D eigenvalue weighted by molar-refractivity contribution is 6.35. The van der Waals surface area contributed by atoms with Crippen LogP contribution in [0.3, 0.4) is 0 Å². The van der Waals surface area contributed by atoms with Crippen LogP contribution in [0.25, 0.3) is 6.08 Å². The van der Waals surface area contributed by atoms with Crippen molar-refractivity contribution in [3.05, 3.63) is 63.1 Å². The molecule has 0 spiro atoms. The maximum Gasteiger partial charge on any atom is 0.340 e. The summed E-state index contributed by atoms with van der Waals surface area (Å²) < 4.78 is 10.8. The van der Waals surface area contributed by atoms with Gasteiger partial charge in [-0.15, -0.1) is 0 Å². The number of phenols is 1. The number of rotatable bonds is 3. The van der Waals surface area contributed by atoms with Crippen molar-refractivity contribution in [2.45, 2.75) is 31.8 Å². The Bertz CT molecular complexity index is 877. The van der Waals surface area contributed by atoms with Gasteiger partial charge < -0.3 is 14.6 Å². The molecule has 1 aliphatic carbocycles. The van der Waals surface area contributed by atoms with Gasteiger partial charge in [-0.25, -0.2) is 4.79 Å². The molecule has 0 aliphatic heterocycles. The first-order valence-electron chi connectivity index (χ1n) is 8.72. The van der Waals surface area contributed by atoms with Crippen LogP contribution in [0.2, 0.25) is 10.0 Å². The smallest absolute Gasteiger partial charge is 0.340 e. The molecule has 27 heavy (non-hydrogen) atoms. The van der Waals surface area contributed by atoms with Gasteiger partial charge in [0.25, 0.3) is 0 Å². The molecular formula is C21H20Cl2O4. The lowest BCUT2D eigenvalue weighted by Crippen LogP contribution is -2.16. The molecule has 1 unspecified atom stereocenters. The van der Waals surface area contributed by atoms with Crippen LogP contribution in [0, 0.1) is 0 Å². The zero-order chi connectivity index (χ0) is 19.4. The second-order valence-electron chi connectivity index (χ2n) is 6.36. The number of fused-ring (bicyclic) bond motifs is 1. The number of esters is 1. The van der Waals surface area contributed by atoms with Gasteiger partial charge in [-0.2, -0.15) is 0 Å². The number of methoxy groups -OCH3 is 1. The van der Waals surface area contributed by atoms with Crippen LogP contribution in [0.15, 0.2) is 36.4 Å². The van der Waals surface area contributed by atoms with Crippen LogP contribution in [-0.2, 0) is 11.2 Å². The second kappa shape index (κ2) is 8.68. The zero-order valence-corrected chi connectivity index (χ0v) is 16.4. The van der Waals surface area contributed by atoms with E-state index < -0.39 is 12.1 Å². The molecule has 2 aromatic carbocycles. The van der Waals surface area contributed by atoms with E-state index in [4.69, 9.17) is 32.7 Å². The van der Waals surface area contributed by atoms with Crippen molar-refractivity contribution in [3.8, 4) is 11.5 Å². The van der Waals surface area contributed by atoms with Crippen LogP contribution < -0.4 is 4.74 Å². The first kappa shape index (κ1) is 19.6. The molecular weight excluding hydrogens is 387 g/mol. The molecule has 1 N–H and O–H groups in total. The van der Waals surface area contributed by atoms with Crippen LogP contribution in [-0.4, -0.2) is 24.3 Å². The van der Waals surface area contributed by atoms with Crippen LogP contribution in [0.1, 0.15) is 40.7 Å². The summed E-state index contributed by atoms with van der Waals surface area (Å²) in [6.07, 6.45) is 6.48. The van der Waals surface area contributed by atoms with Gasteiger partial charge >= 0.3 is 5.97 Å². The van der Waals surface area contributed by atoms with E-state index >= 15 is 0 Å². The minimum absolute atomic E-state index is 0.0936. The minimum atomic E-state index is -0.522. The molecule has 2 aromatic rings. The van der Waals surface area contributed by atoms with E-state index in [0.29, 0.717) is 27.8 Å². The van der Waals surface area contributed by atoms with E-state index in [1.807, 2.05) is 6.07 Å². The van der Waals surface area contributed by atoms with E-state index in [9.17, 15) is 9.90 Å². The molecule has 0 fully saturated rings. The molecule has 0 heterocycles. The number of halogens is 2. The number of aryl methyl sites for hydroxylation is 1. The number of carbonyl (C=O) groups excluding carboxylic acids is 1. The van der Waals surface area contributed by atoms with Gasteiger partial charge in [0, 0.05) is 10.6 Å². The number of phenolic OH excluding ortho intramolecular Hbond substituents is 1. The van der Waals surface area contributed by atoms with Gasteiger partial charge in [-0.05, 0) is 61.6 Å². The second-order valence-corrected chi connectivity index (χ2v) is 7.21. The summed E-state index contributed by atoms with van der Waals surface area (Å²) in [5.41, 5.74) is 1.97. The lowest BCUT2D eigenvalue weighted by atomic mass is 10.0. The summed E-state index contributed by atoms with van der Waals surface area (Å²) in [6.45, 7) is 0. The Morgan fingerprint density at radius 2 is 2.00 bits per heavy atom. The van der Waals surface area contributed by atoms with Gasteiger partial charge in [0.1, 0.15) is 6.10 Å². The zero-order valence-electron chi connectivity index (χ0n) is 14.9. The van der Waals surface area contributed by atoms with Crippen molar-refractivity contribution in [2.24, 2.45) is 0 Å². The highest BCUT2D eigenvalue weighted by atomic mass is 35.5. The number of carbonyl (C=O) groups is 1. The van der Waals surface area contributed by atoms with Crippen molar-refractivity contribution in [1.29, 1.82) is 0 Å². The Hall–Kier alpha value is -2.17. The minimum Gasteiger partial charge on any atom is -0.504 e. The van der Waals surface area contributed by atoms with Crippen molar-refractivity contribution in [3.63, 3.8) is 0 Å². The SMILES string of the molecule is COc1ccc2c(c1O)/C=C\C(OC(=O)c1cc(Cl)ccc1Cl)CCCC2. The van der Waals surface area contributed by atoms with Gasteiger partial charge in [0.2, 0.25) is 0 Å². The predicted octanol–water partition coefficient (Wildman–Crippen LogP) is 5.67.